The first-order chi connectivity index (χ1) is 21.8. The van der Waals surface area contributed by atoms with Crippen molar-refractivity contribution in [1.29, 1.82) is 0 Å². The molecular weight excluding hydrogens is 603 g/mol. The Hall–Kier alpha value is -2.51. The van der Waals surface area contributed by atoms with Gasteiger partial charge >= 0.3 is 11.9 Å². The van der Waals surface area contributed by atoms with Crippen LogP contribution < -0.4 is 10.6 Å². The topological polar surface area (TPSA) is 130 Å². The van der Waals surface area contributed by atoms with E-state index >= 15 is 4.57 Å². The lowest BCUT2D eigenvalue weighted by Crippen LogP contribution is -2.54. The standard InChI is InChI=1S/C37H53O8P/c1-6-37(4,5)36(42)44-32-21-25(3)35(45-46(43,28-13-9-7-10-14-28)29-15-11-8-12-16-29)31-19-17-24(2)30(34(31)32)20-18-26(38)22-27(39)23-33(40)41/h7-16,24-27,30-32,34-35,38-39H,6,17-23H2,1-5H3,(H,40,41)/t24-,25+,26+,27+,30-,31+,32-,34+,35+/m0/s1. The highest BCUT2D eigenvalue weighted by Gasteiger charge is 2.53. The molecule has 0 saturated heterocycles. The van der Waals surface area contributed by atoms with Gasteiger partial charge in [-0.1, -0.05) is 63.6 Å². The van der Waals surface area contributed by atoms with Crippen molar-refractivity contribution in [3.05, 3.63) is 60.7 Å². The molecule has 4 rings (SSSR count). The largest absolute Gasteiger partial charge is 0.481 e. The van der Waals surface area contributed by atoms with Crippen LogP contribution in [0.15, 0.2) is 60.7 Å². The van der Waals surface area contributed by atoms with Gasteiger partial charge in [-0.25, -0.2) is 0 Å². The number of aliphatic carboxylic acids is 1. The molecule has 2 fully saturated rings. The summed E-state index contributed by atoms with van der Waals surface area (Å²) in [6.45, 7) is 10.1. The molecule has 2 saturated carbocycles. The summed E-state index contributed by atoms with van der Waals surface area (Å²) < 4.78 is 28.4. The Morgan fingerprint density at radius 1 is 0.935 bits per heavy atom. The number of benzene rings is 2. The van der Waals surface area contributed by atoms with E-state index in [1.807, 2.05) is 81.4 Å². The first kappa shape index (κ1) is 36.3. The van der Waals surface area contributed by atoms with Gasteiger partial charge in [0.1, 0.15) is 6.10 Å². The van der Waals surface area contributed by atoms with E-state index in [-0.39, 0.29) is 54.2 Å². The molecule has 254 valence electrons. The molecule has 2 aromatic rings. The van der Waals surface area contributed by atoms with Gasteiger partial charge in [-0.2, -0.15) is 0 Å². The summed E-state index contributed by atoms with van der Waals surface area (Å²) >= 11 is 0. The van der Waals surface area contributed by atoms with Gasteiger partial charge in [-0.15, -0.1) is 0 Å². The Morgan fingerprint density at radius 2 is 1.52 bits per heavy atom. The number of carboxylic acid groups (broad SMARTS) is 1. The van der Waals surface area contributed by atoms with Crippen LogP contribution in [0.5, 0.6) is 0 Å². The summed E-state index contributed by atoms with van der Waals surface area (Å²) in [5.74, 6) is -1.09. The SMILES string of the molecule is CCC(C)(C)C(=O)O[C@H]1C[C@@H](C)[C@@H](OP(=O)(c2ccccc2)c2ccccc2)[C@@H]2CC[C@H](C)[C@H](CC[C@@H](O)C[C@@H](O)CC(=O)O)[C@H]21. The molecule has 8 nitrogen and oxygen atoms in total. The Kier molecular flexibility index (Phi) is 12.3. The van der Waals surface area contributed by atoms with E-state index in [1.165, 1.54) is 0 Å². The molecule has 0 radical (unpaired) electrons. The highest BCUT2D eigenvalue weighted by atomic mass is 31.2. The highest BCUT2D eigenvalue weighted by molar-refractivity contribution is 7.74. The zero-order valence-corrected chi connectivity index (χ0v) is 28.9. The van der Waals surface area contributed by atoms with Crippen LogP contribution in [0.25, 0.3) is 0 Å². The van der Waals surface area contributed by atoms with E-state index in [9.17, 15) is 19.8 Å². The van der Waals surface area contributed by atoms with Crippen LogP contribution >= 0.6 is 7.37 Å². The number of carbonyl (C=O) groups excluding carboxylic acids is 1. The molecule has 2 aliphatic rings. The number of hydrogen-bond acceptors (Lipinski definition) is 7. The molecule has 0 heterocycles. The van der Waals surface area contributed by atoms with Gasteiger partial charge in [-0.3, -0.25) is 14.2 Å². The number of aliphatic hydroxyl groups is 2. The van der Waals surface area contributed by atoms with Gasteiger partial charge in [0.2, 0.25) is 0 Å². The van der Waals surface area contributed by atoms with Crippen LogP contribution in [0.2, 0.25) is 0 Å². The number of hydrogen-bond donors (Lipinski definition) is 3. The number of fused-ring (bicyclic) bond motifs is 1. The van der Waals surface area contributed by atoms with Gasteiger partial charge in [0.05, 0.1) is 30.1 Å². The maximum absolute atomic E-state index is 15.1. The Morgan fingerprint density at radius 3 is 2.07 bits per heavy atom. The summed E-state index contributed by atoms with van der Waals surface area (Å²) in [7, 11) is -3.49. The lowest BCUT2D eigenvalue weighted by Gasteiger charge is -2.53. The van der Waals surface area contributed by atoms with E-state index < -0.39 is 37.4 Å². The van der Waals surface area contributed by atoms with Crippen molar-refractivity contribution in [1.82, 2.24) is 0 Å². The van der Waals surface area contributed by atoms with E-state index in [0.717, 1.165) is 12.8 Å². The molecule has 0 amide bonds. The third-order valence-corrected chi connectivity index (χ3v) is 13.1. The number of ether oxygens (including phenoxy) is 1. The zero-order chi connectivity index (χ0) is 33.6. The predicted molar refractivity (Wildman–Crippen MR) is 179 cm³/mol. The highest BCUT2D eigenvalue weighted by Crippen LogP contribution is 2.56. The van der Waals surface area contributed by atoms with E-state index in [1.54, 1.807) is 0 Å². The second-order valence-electron chi connectivity index (χ2n) is 14.4. The molecule has 2 aromatic carbocycles. The van der Waals surface area contributed by atoms with E-state index in [2.05, 4.69) is 13.8 Å². The van der Waals surface area contributed by atoms with E-state index in [4.69, 9.17) is 14.4 Å². The number of esters is 1. The van der Waals surface area contributed by atoms with Crippen LogP contribution in [0.3, 0.4) is 0 Å². The lowest BCUT2D eigenvalue weighted by molar-refractivity contribution is -0.180. The van der Waals surface area contributed by atoms with Crippen molar-refractivity contribution in [3.63, 3.8) is 0 Å². The first-order valence-corrected chi connectivity index (χ1v) is 18.6. The average molecular weight is 657 g/mol. The minimum atomic E-state index is -3.49. The summed E-state index contributed by atoms with van der Waals surface area (Å²) in [4.78, 5) is 24.5. The monoisotopic (exact) mass is 656 g/mol. The van der Waals surface area contributed by atoms with Gasteiger partial charge in [-0.05, 0) is 100 Å². The Labute approximate surface area is 274 Å². The summed E-state index contributed by atoms with van der Waals surface area (Å²) in [5, 5.41) is 31.2. The van der Waals surface area contributed by atoms with Crippen molar-refractivity contribution in [2.75, 3.05) is 0 Å². The minimum Gasteiger partial charge on any atom is -0.481 e. The van der Waals surface area contributed by atoms with Crippen LogP contribution in [0, 0.1) is 35.0 Å². The fourth-order valence-electron chi connectivity index (χ4n) is 7.59. The van der Waals surface area contributed by atoms with Gasteiger partial charge in [0.25, 0.3) is 7.37 Å². The fraction of sp³-hybridized carbons (Fsp3) is 0.622. The normalized spacial score (nSPS) is 28.1. The van der Waals surface area contributed by atoms with Gasteiger partial charge in [0, 0.05) is 16.5 Å². The molecule has 3 N–H and O–H groups in total. The smallest absolute Gasteiger partial charge is 0.311 e. The molecule has 0 bridgehead atoms. The lowest BCUT2D eigenvalue weighted by atomic mass is 9.57. The second-order valence-corrected chi connectivity index (χ2v) is 16.7. The molecule has 0 spiro atoms. The summed E-state index contributed by atoms with van der Waals surface area (Å²) in [5.41, 5.74) is -0.630. The fourth-order valence-corrected chi connectivity index (χ4v) is 9.97. The molecule has 0 aromatic heterocycles. The number of rotatable bonds is 14. The van der Waals surface area contributed by atoms with Crippen molar-refractivity contribution in [2.24, 2.45) is 35.0 Å². The average Bonchev–Trinajstić information content (AvgIpc) is 3.02. The molecule has 0 unspecified atom stereocenters. The molecule has 9 atom stereocenters. The quantitative estimate of drug-likeness (QED) is 0.159. The van der Waals surface area contributed by atoms with Gasteiger partial charge in [0.15, 0.2) is 0 Å². The maximum Gasteiger partial charge on any atom is 0.311 e. The Bertz CT molecular complexity index is 1290. The predicted octanol–water partition coefficient (Wildman–Crippen LogP) is 6.33. The third kappa shape index (κ3) is 8.49. The number of carboxylic acids is 1. The van der Waals surface area contributed by atoms with Crippen LogP contribution in [0.1, 0.15) is 86.0 Å². The second kappa shape index (κ2) is 15.6. The van der Waals surface area contributed by atoms with Crippen LogP contribution in [-0.2, 0) is 23.4 Å². The third-order valence-electron chi connectivity index (χ3n) is 10.6. The summed E-state index contributed by atoms with van der Waals surface area (Å²) in [6, 6.07) is 18.8. The van der Waals surface area contributed by atoms with Crippen LogP contribution in [0.4, 0.5) is 0 Å². The van der Waals surface area contributed by atoms with Crippen molar-refractivity contribution in [2.45, 2.75) is 110 Å². The molecule has 2 aliphatic carbocycles. The summed E-state index contributed by atoms with van der Waals surface area (Å²) in [6.07, 6.45) is 0.909. The maximum atomic E-state index is 15.1. The number of aliphatic hydroxyl groups excluding tert-OH is 2. The zero-order valence-electron chi connectivity index (χ0n) is 28.0. The number of carbonyl (C=O) groups is 2. The molecule has 0 aliphatic heterocycles. The van der Waals surface area contributed by atoms with Crippen molar-refractivity contribution < 1.29 is 38.7 Å². The van der Waals surface area contributed by atoms with Gasteiger partial charge < -0.3 is 24.6 Å². The molecule has 9 heteroatoms. The van der Waals surface area contributed by atoms with Crippen LogP contribution in [-0.4, -0.2) is 51.7 Å². The minimum absolute atomic E-state index is 0.00922. The Balaban J connectivity index is 1.67. The first-order valence-electron chi connectivity index (χ1n) is 17.0. The molecule has 46 heavy (non-hydrogen) atoms. The van der Waals surface area contributed by atoms with Crippen molar-refractivity contribution in [3.8, 4) is 0 Å². The molecular formula is C37H53O8P. The van der Waals surface area contributed by atoms with E-state index in [0.29, 0.717) is 36.3 Å². The van der Waals surface area contributed by atoms with Crippen molar-refractivity contribution >= 4 is 29.9 Å².